The average Bonchev–Trinajstić information content (AvgIpc) is 3.62. The average molecular weight is 482 g/mol. The third kappa shape index (κ3) is 5.57. The molecule has 3 aliphatic rings. The Hall–Kier alpha value is -2.52. The lowest BCUT2D eigenvalue weighted by Crippen LogP contribution is -2.50. The Labute approximate surface area is 218 Å². The fourth-order valence-corrected chi connectivity index (χ4v) is 6.52. The van der Waals surface area contributed by atoms with Crippen molar-refractivity contribution in [1.29, 1.82) is 0 Å². The molecule has 1 aliphatic heterocycles. The van der Waals surface area contributed by atoms with Gasteiger partial charge in [0.1, 0.15) is 0 Å². The van der Waals surface area contributed by atoms with E-state index in [1.54, 1.807) is 0 Å². The number of aryl methyl sites for hydroxylation is 2. The lowest BCUT2D eigenvalue weighted by atomic mass is 9.75. The first-order valence-corrected chi connectivity index (χ1v) is 14.0. The minimum Gasteiger partial charge on any atom is -0.293 e. The molecule has 0 aromatic heterocycles. The van der Waals surface area contributed by atoms with Crippen molar-refractivity contribution in [2.75, 3.05) is 7.05 Å². The summed E-state index contributed by atoms with van der Waals surface area (Å²) in [5.41, 5.74) is 9.20. The number of aliphatic imine (C=N–C) groups is 2. The lowest BCUT2D eigenvalue weighted by molar-refractivity contribution is 0.0144. The molecule has 5 rings (SSSR count). The van der Waals surface area contributed by atoms with Crippen molar-refractivity contribution < 1.29 is 0 Å². The van der Waals surface area contributed by atoms with Gasteiger partial charge in [0.25, 0.3) is 0 Å². The van der Waals surface area contributed by atoms with E-state index in [0.717, 1.165) is 36.8 Å². The topological polar surface area (TPSA) is 28.0 Å². The van der Waals surface area contributed by atoms with Gasteiger partial charge in [0, 0.05) is 43.2 Å². The Morgan fingerprint density at radius 2 is 1.78 bits per heavy atom. The van der Waals surface area contributed by atoms with Gasteiger partial charge in [0.15, 0.2) is 0 Å². The van der Waals surface area contributed by atoms with Gasteiger partial charge in [-0.3, -0.25) is 14.9 Å². The van der Waals surface area contributed by atoms with Crippen LogP contribution in [0.5, 0.6) is 0 Å². The number of fused-ring (bicyclic) bond motifs is 2. The van der Waals surface area contributed by atoms with E-state index < -0.39 is 0 Å². The first-order valence-electron chi connectivity index (χ1n) is 14.0. The first-order chi connectivity index (χ1) is 17.4. The third-order valence-electron chi connectivity index (χ3n) is 8.71. The molecule has 1 unspecified atom stereocenters. The molecule has 2 aliphatic carbocycles. The van der Waals surface area contributed by atoms with Crippen LogP contribution in [0.2, 0.25) is 0 Å². The predicted octanol–water partition coefficient (Wildman–Crippen LogP) is 7.79. The molecule has 2 fully saturated rings. The highest BCUT2D eigenvalue weighted by atomic mass is 15.2. The summed E-state index contributed by atoms with van der Waals surface area (Å²) in [5.74, 6) is 0.681. The number of allylic oxidation sites excluding steroid dienone is 1. The van der Waals surface area contributed by atoms with Gasteiger partial charge in [0.05, 0.1) is 5.70 Å². The smallest absolute Gasteiger partial charge is 0.0725 e. The highest BCUT2D eigenvalue weighted by Crippen LogP contribution is 2.62. The molecular weight excluding hydrogens is 438 g/mol. The predicted molar refractivity (Wildman–Crippen MR) is 154 cm³/mol. The Morgan fingerprint density at radius 3 is 2.44 bits per heavy atom. The molecule has 0 N–H and O–H groups in total. The summed E-state index contributed by atoms with van der Waals surface area (Å²) in [6.45, 7) is 10.2. The zero-order valence-corrected chi connectivity index (χ0v) is 22.9. The molecule has 2 bridgehead atoms. The Bertz CT molecular complexity index is 1150. The molecule has 1 spiro atoms. The van der Waals surface area contributed by atoms with E-state index in [4.69, 9.17) is 9.98 Å². The van der Waals surface area contributed by atoms with E-state index in [0.29, 0.717) is 17.4 Å². The molecule has 0 amide bonds. The van der Waals surface area contributed by atoms with Crippen LogP contribution in [-0.4, -0.2) is 36.0 Å². The molecule has 2 aromatic rings. The third-order valence-corrected chi connectivity index (χ3v) is 8.71. The maximum absolute atomic E-state index is 5.07. The molecule has 2 aromatic carbocycles. The van der Waals surface area contributed by atoms with Crippen LogP contribution in [0.1, 0.15) is 86.6 Å². The monoisotopic (exact) mass is 481 g/mol. The summed E-state index contributed by atoms with van der Waals surface area (Å²) in [6, 6.07) is 16.8. The van der Waals surface area contributed by atoms with Crippen molar-refractivity contribution in [1.82, 2.24) is 4.90 Å². The molecule has 0 saturated heterocycles. The Balaban J connectivity index is 1.54. The van der Waals surface area contributed by atoms with Crippen LogP contribution >= 0.6 is 0 Å². The fraction of sp³-hybridized carbons (Fsp3) is 0.515. The highest BCUT2D eigenvalue weighted by molar-refractivity contribution is 6.02. The van der Waals surface area contributed by atoms with Crippen LogP contribution in [0.4, 0.5) is 0 Å². The lowest BCUT2D eigenvalue weighted by Gasteiger charge is -2.48. The van der Waals surface area contributed by atoms with Gasteiger partial charge < -0.3 is 0 Å². The van der Waals surface area contributed by atoms with Gasteiger partial charge in [-0.2, -0.15) is 0 Å². The maximum Gasteiger partial charge on any atom is 0.0725 e. The van der Waals surface area contributed by atoms with Crippen LogP contribution in [0.25, 0.3) is 5.70 Å². The van der Waals surface area contributed by atoms with Crippen molar-refractivity contribution in [2.24, 2.45) is 21.3 Å². The summed E-state index contributed by atoms with van der Waals surface area (Å²) < 4.78 is 0. The second-order valence-electron chi connectivity index (χ2n) is 12.1. The summed E-state index contributed by atoms with van der Waals surface area (Å²) in [6.07, 6.45) is 13.4. The van der Waals surface area contributed by atoms with Crippen molar-refractivity contribution in [3.05, 3.63) is 76.4 Å². The summed E-state index contributed by atoms with van der Waals surface area (Å²) in [7, 11) is 1.94. The van der Waals surface area contributed by atoms with Crippen LogP contribution < -0.4 is 0 Å². The SMILES string of the molecule is CN=C1/C=C(/c2c(C)cccc2C)N=Cc2cccc(c2)CN(C2CC3(CC3)C2)C(CC(C)C)CC1. The Morgan fingerprint density at radius 1 is 1.06 bits per heavy atom. The number of hydrogen-bond acceptors (Lipinski definition) is 3. The largest absolute Gasteiger partial charge is 0.293 e. The van der Waals surface area contributed by atoms with Crippen molar-refractivity contribution in [2.45, 2.75) is 91.3 Å². The fourth-order valence-electron chi connectivity index (χ4n) is 6.52. The number of nitrogens with zero attached hydrogens (tertiary/aromatic N) is 3. The van der Waals surface area contributed by atoms with Crippen molar-refractivity contribution in [3.63, 3.8) is 0 Å². The summed E-state index contributed by atoms with van der Waals surface area (Å²) in [5, 5.41) is 0. The van der Waals surface area contributed by atoms with E-state index in [1.807, 2.05) is 13.3 Å². The van der Waals surface area contributed by atoms with Gasteiger partial charge in [-0.25, -0.2) is 0 Å². The molecule has 2 saturated carbocycles. The zero-order chi connectivity index (χ0) is 25.3. The Kier molecular flexibility index (Phi) is 7.30. The molecule has 0 radical (unpaired) electrons. The van der Waals surface area contributed by atoms with E-state index in [2.05, 4.69) is 81.1 Å². The van der Waals surface area contributed by atoms with Crippen molar-refractivity contribution >= 4 is 17.6 Å². The molecule has 1 heterocycles. The second kappa shape index (κ2) is 10.5. The molecule has 3 heteroatoms. The molecule has 36 heavy (non-hydrogen) atoms. The standard InChI is InChI=1S/C33H43N3/c1-23(2)16-29-13-12-28(34-5)18-31(32-24(3)8-6-9-25(32)4)35-21-26-10-7-11-27(17-26)22-36(29)30-19-33(20-30)14-15-33/h6-11,17-18,21,23,29-30H,12-16,19-20,22H2,1-5H3/b31-18-,34-28?,35-21?. The first kappa shape index (κ1) is 25.1. The van der Waals surface area contributed by atoms with E-state index in [9.17, 15) is 0 Å². The van der Waals surface area contributed by atoms with Crippen LogP contribution in [0, 0.1) is 25.2 Å². The number of benzene rings is 2. The van der Waals surface area contributed by atoms with Gasteiger partial charge in [0.2, 0.25) is 0 Å². The molecule has 190 valence electrons. The van der Waals surface area contributed by atoms with Crippen LogP contribution in [0.15, 0.2) is 58.5 Å². The minimum atomic E-state index is 0.574. The highest BCUT2D eigenvalue weighted by Gasteiger charge is 2.54. The zero-order valence-electron chi connectivity index (χ0n) is 22.9. The summed E-state index contributed by atoms with van der Waals surface area (Å²) >= 11 is 0. The molecule has 1 atom stereocenters. The minimum absolute atomic E-state index is 0.574. The van der Waals surface area contributed by atoms with Crippen molar-refractivity contribution in [3.8, 4) is 0 Å². The number of rotatable bonds is 4. The normalized spacial score (nSPS) is 25.1. The quantitative estimate of drug-likeness (QED) is 0.438. The van der Waals surface area contributed by atoms with Gasteiger partial charge >= 0.3 is 0 Å². The van der Waals surface area contributed by atoms with E-state index in [-0.39, 0.29) is 0 Å². The van der Waals surface area contributed by atoms with Crippen LogP contribution in [-0.2, 0) is 6.54 Å². The summed E-state index contributed by atoms with van der Waals surface area (Å²) in [4.78, 5) is 12.7. The maximum atomic E-state index is 5.07. The van der Waals surface area contributed by atoms with Gasteiger partial charge in [-0.15, -0.1) is 0 Å². The van der Waals surface area contributed by atoms with E-state index >= 15 is 0 Å². The van der Waals surface area contributed by atoms with Gasteiger partial charge in [-0.05, 0) is 105 Å². The van der Waals surface area contributed by atoms with E-state index in [1.165, 1.54) is 59.9 Å². The van der Waals surface area contributed by atoms with Gasteiger partial charge in [-0.1, -0.05) is 50.2 Å². The molecule has 3 nitrogen and oxygen atoms in total. The van der Waals surface area contributed by atoms with Crippen LogP contribution in [0.3, 0.4) is 0 Å². The molecular formula is C33H43N3. The second-order valence-corrected chi connectivity index (χ2v) is 12.1. The number of hydrogen-bond donors (Lipinski definition) is 0.